The molecule has 1 N–H and O–H groups in total. The van der Waals surface area contributed by atoms with E-state index in [4.69, 9.17) is 9.84 Å². The molecule has 1 rings (SSSR count). The van der Waals surface area contributed by atoms with Crippen molar-refractivity contribution in [2.45, 2.75) is 25.4 Å². The fraction of sp³-hybridized carbons (Fsp3) is 0.750. The molecule has 1 aliphatic heterocycles. The van der Waals surface area contributed by atoms with E-state index in [-0.39, 0.29) is 6.61 Å². The highest BCUT2D eigenvalue weighted by atomic mass is 16.5. The first-order valence-electron chi connectivity index (χ1n) is 3.72. The fourth-order valence-electron chi connectivity index (χ4n) is 1.18. The van der Waals surface area contributed by atoms with E-state index in [0.717, 1.165) is 25.9 Å². The van der Waals surface area contributed by atoms with Gasteiger partial charge in [0.25, 0.3) is 0 Å². The van der Waals surface area contributed by atoms with E-state index < -0.39 is 0 Å². The molecule has 0 amide bonds. The predicted molar refractivity (Wildman–Crippen MR) is 39.8 cm³/mol. The second kappa shape index (κ2) is 3.74. The summed E-state index contributed by atoms with van der Waals surface area (Å²) < 4.78 is 5.36. The molecular weight excluding hydrogens is 128 g/mol. The molecule has 0 saturated carbocycles. The Kier molecular flexibility index (Phi) is 2.90. The van der Waals surface area contributed by atoms with E-state index in [2.05, 4.69) is 6.58 Å². The third kappa shape index (κ3) is 2.12. The van der Waals surface area contributed by atoms with E-state index in [1.54, 1.807) is 0 Å². The summed E-state index contributed by atoms with van der Waals surface area (Å²) in [5, 5.41) is 8.51. The molecule has 0 aromatic rings. The van der Waals surface area contributed by atoms with Crippen molar-refractivity contribution >= 4 is 0 Å². The molecule has 1 atom stereocenters. The maximum absolute atomic E-state index is 8.51. The lowest BCUT2D eigenvalue weighted by molar-refractivity contribution is 0.0990. The van der Waals surface area contributed by atoms with E-state index in [0.29, 0.717) is 6.10 Å². The third-order valence-corrected chi connectivity index (χ3v) is 1.72. The van der Waals surface area contributed by atoms with Crippen LogP contribution in [-0.2, 0) is 4.74 Å². The lowest BCUT2D eigenvalue weighted by Crippen LogP contribution is -2.04. The van der Waals surface area contributed by atoms with E-state index in [1.165, 1.54) is 5.57 Å². The van der Waals surface area contributed by atoms with Crippen molar-refractivity contribution in [1.82, 2.24) is 0 Å². The molecule has 0 spiro atoms. The second-order valence-electron chi connectivity index (χ2n) is 2.75. The van der Waals surface area contributed by atoms with Crippen LogP contribution < -0.4 is 0 Å². The smallest absolute Gasteiger partial charge is 0.0679 e. The molecular formula is C8H14O2. The number of rotatable bonds is 3. The van der Waals surface area contributed by atoms with Gasteiger partial charge in [-0.1, -0.05) is 6.58 Å². The molecule has 2 heteroatoms. The topological polar surface area (TPSA) is 29.5 Å². The van der Waals surface area contributed by atoms with Crippen LogP contribution in [0.15, 0.2) is 12.2 Å². The Hall–Kier alpha value is -0.340. The number of hydrogen-bond donors (Lipinski definition) is 1. The maximum atomic E-state index is 8.51. The van der Waals surface area contributed by atoms with Crippen LogP contribution in [0, 0.1) is 0 Å². The van der Waals surface area contributed by atoms with Gasteiger partial charge in [0.1, 0.15) is 0 Å². The van der Waals surface area contributed by atoms with Gasteiger partial charge in [-0.2, -0.15) is 0 Å². The number of aliphatic hydroxyl groups excluding tert-OH is 1. The van der Waals surface area contributed by atoms with Crippen molar-refractivity contribution in [2.75, 3.05) is 13.2 Å². The summed E-state index contributed by atoms with van der Waals surface area (Å²) in [5.41, 5.74) is 1.18. The van der Waals surface area contributed by atoms with Crippen LogP contribution in [0.2, 0.25) is 0 Å². The van der Waals surface area contributed by atoms with Gasteiger partial charge in [-0.25, -0.2) is 0 Å². The van der Waals surface area contributed by atoms with E-state index in [1.807, 2.05) is 0 Å². The molecule has 2 nitrogen and oxygen atoms in total. The molecule has 1 saturated heterocycles. The Bertz CT molecular complexity index is 120. The number of hydrogen-bond acceptors (Lipinski definition) is 2. The van der Waals surface area contributed by atoms with Crippen LogP contribution >= 0.6 is 0 Å². The Labute approximate surface area is 61.5 Å². The highest BCUT2D eigenvalue weighted by Crippen LogP contribution is 2.20. The maximum Gasteiger partial charge on any atom is 0.0679 e. The van der Waals surface area contributed by atoms with Gasteiger partial charge in [0.15, 0.2) is 0 Å². The normalized spacial score (nSPS) is 25.7. The van der Waals surface area contributed by atoms with E-state index in [9.17, 15) is 0 Å². The van der Waals surface area contributed by atoms with Crippen LogP contribution in [0.25, 0.3) is 0 Å². The lowest BCUT2D eigenvalue weighted by Gasteiger charge is -2.05. The zero-order valence-corrected chi connectivity index (χ0v) is 6.18. The minimum absolute atomic E-state index is 0.270. The van der Waals surface area contributed by atoms with Crippen LogP contribution in [0.3, 0.4) is 0 Å². The highest BCUT2D eigenvalue weighted by molar-refractivity contribution is 5.01. The molecule has 0 radical (unpaired) electrons. The quantitative estimate of drug-likeness (QED) is 0.598. The standard InChI is InChI=1S/C8H14O2/c1-7-5-8(10-6-7)3-2-4-9/h8-9H,1-6H2/t8-/m0/s1. The molecule has 0 unspecified atom stereocenters. The average Bonchev–Trinajstić information content (AvgIpc) is 2.31. The van der Waals surface area contributed by atoms with Crippen LogP contribution in [0.5, 0.6) is 0 Å². The predicted octanol–water partition coefficient (Wildman–Crippen LogP) is 1.10. The summed E-state index contributed by atoms with van der Waals surface area (Å²) in [5.74, 6) is 0. The summed E-state index contributed by atoms with van der Waals surface area (Å²) in [6.45, 7) is 4.81. The van der Waals surface area contributed by atoms with Crippen LogP contribution in [0.4, 0.5) is 0 Å². The number of aliphatic hydroxyl groups is 1. The number of ether oxygens (including phenoxy) is 1. The first-order chi connectivity index (χ1) is 4.83. The molecule has 0 aromatic heterocycles. The molecule has 0 aliphatic carbocycles. The first kappa shape index (κ1) is 7.76. The van der Waals surface area contributed by atoms with Crippen molar-refractivity contribution in [3.8, 4) is 0 Å². The van der Waals surface area contributed by atoms with Crippen molar-refractivity contribution in [3.63, 3.8) is 0 Å². The van der Waals surface area contributed by atoms with Gasteiger partial charge in [-0.15, -0.1) is 0 Å². The average molecular weight is 142 g/mol. The molecule has 10 heavy (non-hydrogen) atoms. The van der Waals surface area contributed by atoms with Gasteiger partial charge in [-0.05, 0) is 24.8 Å². The van der Waals surface area contributed by atoms with Crippen molar-refractivity contribution in [1.29, 1.82) is 0 Å². The van der Waals surface area contributed by atoms with Crippen molar-refractivity contribution in [2.24, 2.45) is 0 Å². The Morgan fingerprint density at radius 3 is 3.00 bits per heavy atom. The monoisotopic (exact) mass is 142 g/mol. The van der Waals surface area contributed by atoms with Gasteiger partial charge < -0.3 is 9.84 Å². The van der Waals surface area contributed by atoms with Crippen LogP contribution in [-0.4, -0.2) is 24.4 Å². The zero-order valence-electron chi connectivity index (χ0n) is 6.18. The van der Waals surface area contributed by atoms with Gasteiger partial charge in [0.05, 0.1) is 12.7 Å². The van der Waals surface area contributed by atoms with Gasteiger partial charge in [-0.3, -0.25) is 0 Å². The van der Waals surface area contributed by atoms with Crippen molar-refractivity contribution < 1.29 is 9.84 Å². The Morgan fingerprint density at radius 1 is 1.70 bits per heavy atom. The molecule has 58 valence electrons. The summed E-state index contributed by atoms with van der Waals surface area (Å²) in [6.07, 6.45) is 3.13. The van der Waals surface area contributed by atoms with Gasteiger partial charge in [0.2, 0.25) is 0 Å². The lowest BCUT2D eigenvalue weighted by atomic mass is 10.1. The van der Waals surface area contributed by atoms with Gasteiger partial charge >= 0.3 is 0 Å². The summed E-state index contributed by atoms with van der Waals surface area (Å²) in [4.78, 5) is 0. The second-order valence-corrected chi connectivity index (χ2v) is 2.75. The molecule has 0 aromatic carbocycles. The van der Waals surface area contributed by atoms with E-state index >= 15 is 0 Å². The molecule has 1 fully saturated rings. The minimum atomic E-state index is 0.270. The first-order valence-corrected chi connectivity index (χ1v) is 3.72. The largest absolute Gasteiger partial charge is 0.396 e. The van der Waals surface area contributed by atoms with Crippen LogP contribution in [0.1, 0.15) is 19.3 Å². The summed E-state index contributed by atoms with van der Waals surface area (Å²) in [7, 11) is 0. The third-order valence-electron chi connectivity index (χ3n) is 1.72. The Balaban J connectivity index is 2.12. The summed E-state index contributed by atoms with van der Waals surface area (Å²) in [6, 6.07) is 0. The Morgan fingerprint density at radius 2 is 2.50 bits per heavy atom. The summed E-state index contributed by atoms with van der Waals surface area (Å²) >= 11 is 0. The molecule has 1 heterocycles. The zero-order chi connectivity index (χ0) is 7.40. The molecule has 1 aliphatic rings. The minimum Gasteiger partial charge on any atom is -0.396 e. The SMILES string of the molecule is C=C1CO[C@@H](CCCO)C1. The van der Waals surface area contributed by atoms with Gasteiger partial charge in [0, 0.05) is 6.61 Å². The fourth-order valence-corrected chi connectivity index (χ4v) is 1.18. The van der Waals surface area contributed by atoms with Crippen molar-refractivity contribution in [3.05, 3.63) is 12.2 Å². The molecule has 0 bridgehead atoms. The highest BCUT2D eigenvalue weighted by Gasteiger charge is 2.17.